The number of nitrogens with zero attached hydrogens (tertiary/aromatic N) is 1. The maximum Gasteiger partial charge on any atom is 0.240 e. The third-order valence-electron chi connectivity index (χ3n) is 4.93. The molecule has 0 unspecified atom stereocenters. The molecule has 152 valence electrons. The Kier molecular flexibility index (Phi) is 7.24. The van der Waals surface area contributed by atoms with Crippen molar-refractivity contribution in [3.8, 4) is 0 Å². The summed E-state index contributed by atoms with van der Waals surface area (Å²) in [6, 6.07) is 9.47. The molecule has 1 aliphatic rings. The molecule has 28 heavy (non-hydrogen) atoms. The molecule has 1 heterocycles. The molecule has 0 spiro atoms. The number of aromatic nitrogens is 1. The lowest BCUT2D eigenvalue weighted by Gasteiger charge is -2.25. The smallest absolute Gasteiger partial charge is 0.240 e. The molecule has 2 aromatic rings. The number of benzene rings is 1. The fourth-order valence-electron chi connectivity index (χ4n) is 3.40. The Morgan fingerprint density at radius 3 is 2.50 bits per heavy atom. The van der Waals surface area contributed by atoms with Gasteiger partial charge in [-0.15, -0.1) is 0 Å². The minimum absolute atomic E-state index is 0.212. The van der Waals surface area contributed by atoms with Crippen LogP contribution in [0.15, 0.2) is 47.6 Å². The monoisotopic (exact) mass is 403 g/mol. The van der Waals surface area contributed by atoms with Crippen molar-refractivity contribution >= 4 is 21.4 Å². The average Bonchev–Trinajstić information content (AvgIpc) is 2.73. The predicted molar refractivity (Wildman–Crippen MR) is 113 cm³/mol. The van der Waals surface area contributed by atoms with Crippen LogP contribution in [-0.4, -0.2) is 32.5 Å². The molecule has 0 bridgehead atoms. The third-order valence-corrected chi connectivity index (χ3v) is 6.39. The van der Waals surface area contributed by atoms with E-state index in [1.807, 2.05) is 18.2 Å². The molecule has 1 saturated carbocycles. The van der Waals surface area contributed by atoms with Gasteiger partial charge in [0.2, 0.25) is 10.0 Å². The van der Waals surface area contributed by atoms with E-state index in [0.29, 0.717) is 12.6 Å². The summed E-state index contributed by atoms with van der Waals surface area (Å²) in [6.07, 6.45) is 9.52. The summed E-state index contributed by atoms with van der Waals surface area (Å²) in [4.78, 5) is 4.26. The van der Waals surface area contributed by atoms with E-state index >= 15 is 0 Å². The van der Waals surface area contributed by atoms with Crippen molar-refractivity contribution < 1.29 is 8.42 Å². The van der Waals surface area contributed by atoms with Crippen molar-refractivity contribution in [2.24, 2.45) is 5.73 Å². The maximum absolute atomic E-state index is 12.5. The van der Waals surface area contributed by atoms with Crippen molar-refractivity contribution in [1.82, 2.24) is 9.71 Å². The Morgan fingerprint density at radius 2 is 1.79 bits per heavy atom. The first-order chi connectivity index (χ1) is 13.6. The molecule has 1 aromatic carbocycles. The summed E-state index contributed by atoms with van der Waals surface area (Å²) in [7, 11) is -3.59. The highest BCUT2D eigenvalue weighted by molar-refractivity contribution is 7.89. The van der Waals surface area contributed by atoms with Crippen LogP contribution in [-0.2, 0) is 16.6 Å². The van der Waals surface area contributed by atoms with Gasteiger partial charge >= 0.3 is 0 Å². The van der Waals surface area contributed by atoms with Crippen molar-refractivity contribution in [3.05, 3.63) is 48.3 Å². The van der Waals surface area contributed by atoms with Crippen molar-refractivity contribution in [1.29, 1.82) is 0 Å². The van der Waals surface area contributed by atoms with E-state index in [4.69, 9.17) is 5.73 Å². The number of sulfonamides is 1. The Bertz CT molecular complexity index is 852. The third kappa shape index (κ3) is 5.67. The van der Waals surface area contributed by atoms with Crippen molar-refractivity contribution in [3.63, 3.8) is 0 Å². The van der Waals surface area contributed by atoms with E-state index in [2.05, 4.69) is 20.3 Å². The zero-order valence-electron chi connectivity index (χ0n) is 16.0. The van der Waals surface area contributed by atoms with E-state index in [-0.39, 0.29) is 18.0 Å². The number of nitrogens with one attached hydrogen (secondary N) is 3. The second kappa shape index (κ2) is 9.86. The summed E-state index contributed by atoms with van der Waals surface area (Å²) in [5.41, 5.74) is 8.21. The lowest BCUT2D eigenvalue weighted by Crippen LogP contribution is -2.29. The van der Waals surface area contributed by atoms with Gasteiger partial charge in [0.25, 0.3) is 0 Å². The molecule has 0 aliphatic heterocycles. The van der Waals surface area contributed by atoms with Gasteiger partial charge in [-0.1, -0.05) is 19.3 Å². The lowest BCUT2D eigenvalue weighted by molar-refractivity contribution is 0.463. The standard InChI is InChI=1S/C20H29N5O2S/c21-10-13-24-28(26,27)18-6-7-19(25-17-4-2-1-3-5-17)20(14-18)23-15-16-8-11-22-12-9-16/h6-9,11-12,14,17,23-25H,1-5,10,13,15,21H2. The van der Waals surface area contributed by atoms with Gasteiger partial charge in [0.1, 0.15) is 0 Å². The first-order valence-electron chi connectivity index (χ1n) is 9.81. The van der Waals surface area contributed by atoms with E-state index in [1.54, 1.807) is 24.5 Å². The number of rotatable bonds is 9. The number of hydrogen-bond donors (Lipinski definition) is 4. The molecule has 0 radical (unpaired) electrons. The second-order valence-electron chi connectivity index (χ2n) is 7.08. The average molecular weight is 404 g/mol. The van der Waals surface area contributed by atoms with Gasteiger partial charge < -0.3 is 16.4 Å². The topological polar surface area (TPSA) is 109 Å². The molecular formula is C20H29N5O2S. The molecule has 0 saturated heterocycles. The Balaban J connectivity index is 1.82. The molecule has 0 atom stereocenters. The van der Waals surface area contributed by atoms with Crippen LogP contribution in [0.3, 0.4) is 0 Å². The van der Waals surface area contributed by atoms with Crippen LogP contribution >= 0.6 is 0 Å². The normalized spacial score (nSPS) is 15.3. The number of anilines is 2. The summed E-state index contributed by atoms with van der Waals surface area (Å²) < 4.78 is 27.5. The molecule has 7 nitrogen and oxygen atoms in total. The van der Waals surface area contributed by atoms with Crippen LogP contribution < -0.4 is 21.1 Å². The van der Waals surface area contributed by atoms with E-state index < -0.39 is 10.0 Å². The van der Waals surface area contributed by atoms with E-state index in [1.165, 1.54) is 19.3 Å². The summed E-state index contributed by atoms with van der Waals surface area (Å²) in [5.74, 6) is 0. The van der Waals surface area contributed by atoms with E-state index in [9.17, 15) is 8.42 Å². The molecule has 1 fully saturated rings. The number of hydrogen-bond acceptors (Lipinski definition) is 6. The minimum atomic E-state index is -3.59. The molecule has 3 rings (SSSR count). The van der Waals surface area contributed by atoms with Crippen LogP contribution in [0, 0.1) is 0 Å². The predicted octanol–water partition coefficient (Wildman–Crippen LogP) is 2.68. The number of pyridine rings is 1. The molecular weight excluding hydrogens is 374 g/mol. The highest BCUT2D eigenvalue weighted by Crippen LogP contribution is 2.29. The van der Waals surface area contributed by atoms with Gasteiger partial charge in [0.15, 0.2) is 0 Å². The summed E-state index contributed by atoms with van der Waals surface area (Å²) in [5, 5.41) is 6.98. The molecule has 0 amide bonds. The SMILES string of the molecule is NCCNS(=O)(=O)c1ccc(NC2CCCCC2)c(NCc2ccncc2)c1. The van der Waals surface area contributed by atoms with Crippen molar-refractivity contribution in [2.45, 2.75) is 49.6 Å². The largest absolute Gasteiger partial charge is 0.381 e. The first-order valence-corrected chi connectivity index (χ1v) is 11.3. The van der Waals surface area contributed by atoms with Gasteiger partial charge in [-0.25, -0.2) is 13.1 Å². The first kappa shape index (κ1) is 20.6. The van der Waals surface area contributed by atoms with Crippen LogP contribution in [0.5, 0.6) is 0 Å². The van der Waals surface area contributed by atoms with Crippen LogP contribution in [0.1, 0.15) is 37.7 Å². The zero-order valence-corrected chi connectivity index (χ0v) is 16.8. The Hall–Kier alpha value is -2.16. The molecule has 5 N–H and O–H groups in total. The van der Waals surface area contributed by atoms with Gasteiger partial charge in [-0.3, -0.25) is 4.98 Å². The lowest BCUT2D eigenvalue weighted by atomic mass is 9.95. The summed E-state index contributed by atoms with van der Waals surface area (Å²) >= 11 is 0. The quantitative estimate of drug-likeness (QED) is 0.513. The van der Waals surface area contributed by atoms with Gasteiger partial charge in [-0.05, 0) is 48.7 Å². The molecule has 1 aliphatic carbocycles. The van der Waals surface area contributed by atoms with Gasteiger partial charge in [-0.2, -0.15) is 0 Å². The molecule has 8 heteroatoms. The van der Waals surface area contributed by atoms with Crippen molar-refractivity contribution in [2.75, 3.05) is 23.7 Å². The highest BCUT2D eigenvalue weighted by Gasteiger charge is 2.18. The Morgan fingerprint density at radius 1 is 1.04 bits per heavy atom. The fraction of sp³-hybridized carbons (Fsp3) is 0.450. The van der Waals surface area contributed by atoms with E-state index in [0.717, 1.165) is 29.8 Å². The van der Waals surface area contributed by atoms with Crippen LogP contribution in [0.2, 0.25) is 0 Å². The van der Waals surface area contributed by atoms with Crippen LogP contribution in [0.4, 0.5) is 11.4 Å². The van der Waals surface area contributed by atoms with Crippen LogP contribution in [0.25, 0.3) is 0 Å². The minimum Gasteiger partial charge on any atom is -0.381 e. The molecule has 1 aromatic heterocycles. The highest BCUT2D eigenvalue weighted by atomic mass is 32.2. The summed E-state index contributed by atoms with van der Waals surface area (Å²) in [6.45, 7) is 1.06. The maximum atomic E-state index is 12.5. The van der Waals surface area contributed by atoms with Gasteiger partial charge in [0, 0.05) is 38.1 Å². The van der Waals surface area contributed by atoms with Gasteiger partial charge in [0.05, 0.1) is 16.3 Å². The zero-order chi connectivity index (χ0) is 19.8. The second-order valence-corrected chi connectivity index (χ2v) is 8.85. The fourth-order valence-corrected chi connectivity index (χ4v) is 4.48. The Labute approximate surface area is 167 Å². The number of nitrogens with two attached hydrogens (primary N) is 1.